The highest BCUT2D eigenvalue weighted by molar-refractivity contribution is 5.80. The van der Waals surface area contributed by atoms with Crippen LogP contribution in [0.4, 0.5) is 0 Å². The predicted molar refractivity (Wildman–Crippen MR) is 65.3 cm³/mol. The predicted octanol–water partition coefficient (Wildman–Crippen LogP) is 1.10. The molecule has 3 heteroatoms. The average molecular weight is 234 g/mol. The number of nitrogens with one attached hydrogen (secondary N) is 1. The van der Waals surface area contributed by atoms with Crippen molar-refractivity contribution >= 4 is 5.91 Å². The van der Waals surface area contributed by atoms with Gasteiger partial charge in [-0.15, -0.1) is 0 Å². The van der Waals surface area contributed by atoms with E-state index in [0.29, 0.717) is 17.9 Å². The van der Waals surface area contributed by atoms with Gasteiger partial charge in [0.1, 0.15) is 0 Å². The molecule has 0 aromatic heterocycles. The zero-order chi connectivity index (χ0) is 11.6. The van der Waals surface area contributed by atoms with E-state index < -0.39 is 0 Å². The molecular weight excluding hydrogens is 212 g/mol. The van der Waals surface area contributed by atoms with Crippen LogP contribution < -0.4 is 5.32 Å². The van der Waals surface area contributed by atoms with Crippen LogP contribution in [-0.2, 0) is 4.79 Å². The molecule has 5 atom stereocenters. The summed E-state index contributed by atoms with van der Waals surface area (Å²) in [5, 5.41) is 3.46. The number of rotatable bonds is 1. The van der Waals surface area contributed by atoms with Gasteiger partial charge in [0.05, 0.1) is 0 Å². The van der Waals surface area contributed by atoms with Crippen molar-refractivity contribution in [3.05, 3.63) is 0 Å². The normalized spacial score (nSPS) is 51.5. The fourth-order valence-corrected chi connectivity index (χ4v) is 4.61. The largest absolute Gasteiger partial charge is 0.339 e. The SMILES string of the molecule is CC1C2CNCC2CN1C(=O)C1CC2CC2C1. The maximum atomic E-state index is 12.6. The standard InChI is InChI=1S/C14H22N2O/c1-8-13-6-15-5-12(13)7-16(8)14(17)11-3-9-2-10(9)4-11/h8-13,15H,2-7H2,1H3. The van der Waals surface area contributed by atoms with Crippen LogP contribution in [0.3, 0.4) is 0 Å². The first-order chi connectivity index (χ1) is 8.24. The van der Waals surface area contributed by atoms with E-state index in [4.69, 9.17) is 0 Å². The molecule has 4 aliphatic rings. The van der Waals surface area contributed by atoms with Gasteiger partial charge < -0.3 is 10.2 Å². The summed E-state index contributed by atoms with van der Waals surface area (Å²) in [6, 6.07) is 0.472. The molecule has 0 bridgehead atoms. The van der Waals surface area contributed by atoms with Gasteiger partial charge in [0.25, 0.3) is 0 Å². The molecular formula is C14H22N2O. The third-order valence-electron chi connectivity index (χ3n) is 5.81. The molecule has 4 rings (SSSR count). The van der Waals surface area contributed by atoms with Crippen LogP contribution in [0.1, 0.15) is 26.2 Å². The molecule has 4 fully saturated rings. The number of carbonyl (C=O) groups excluding carboxylic acids is 1. The van der Waals surface area contributed by atoms with Crippen molar-refractivity contribution in [1.29, 1.82) is 0 Å². The Labute approximate surface area is 103 Å². The van der Waals surface area contributed by atoms with Crippen LogP contribution in [-0.4, -0.2) is 36.5 Å². The van der Waals surface area contributed by atoms with Gasteiger partial charge in [-0.3, -0.25) is 4.79 Å². The number of likely N-dealkylation sites (tertiary alicyclic amines) is 1. The number of hydrogen-bond donors (Lipinski definition) is 1. The van der Waals surface area contributed by atoms with E-state index >= 15 is 0 Å². The molecule has 0 radical (unpaired) electrons. The number of fused-ring (bicyclic) bond motifs is 2. The maximum Gasteiger partial charge on any atom is 0.225 e. The molecule has 2 aliphatic heterocycles. The number of hydrogen-bond acceptors (Lipinski definition) is 2. The monoisotopic (exact) mass is 234 g/mol. The van der Waals surface area contributed by atoms with Crippen molar-refractivity contribution in [3.8, 4) is 0 Å². The topological polar surface area (TPSA) is 32.3 Å². The molecule has 3 nitrogen and oxygen atoms in total. The fraction of sp³-hybridized carbons (Fsp3) is 0.929. The Morgan fingerprint density at radius 1 is 1.12 bits per heavy atom. The molecule has 2 aliphatic carbocycles. The lowest BCUT2D eigenvalue weighted by Crippen LogP contribution is -2.41. The molecule has 0 aromatic rings. The summed E-state index contributed by atoms with van der Waals surface area (Å²) in [5.41, 5.74) is 0. The van der Waals surface area contributed by atoms with Gasteiger partial charge in [-0.25, -0.2) is 0 Å². The Balaban J connectivity index is 1.46. The molecule has 17 heavy (non-hydrogen) atoms. The van der Waals surface area contributed by atoms with Crippen LogP contribution in [0.2, 0.25) is 0 Å². The summed E-state index contributed by atoms with van der Waals surface area (Å²) in [7, 11) is 0. The molecule has 5 unspecified atom stereocenters. The first kappa shape index (κ1) is 10.4. The second kappa shape index (κ2) is 3.47. The van der Waals surface area contributed by atoms with Gasteiger partial charge in [-0.05, 0) is 49.9 Å². The lowest BCUT2D eigenvalue weighted by Gasteiger charge is -2.27. The van der Waals surface area contributed by atoms with E-state index in [1.807, 2.05) is 0 Å². The Morgan fingerprint density at radius 2 is 1.88 bits per heavy atom. The van der Waals surface area contributed by atoms with E-state index in [-0.39, 0.29) is 0 Å². The molecule has 0 aromatic carbocycles. The molecule has 94 valence electrons. The maximum absolute atomic E-state index is 12.6. The summed E-state index contributed by atoms with van der Waals surface area (Å²) >= 11 is 0. The summed E-state index contributed by atoms with van der Waals surface area (Å²) in [4.78, 5) is 14.8. The van der Waals surface area contributed by atoms with Gasteiger partial charge in [-0.2, -0.15) is 0 Å². The number of nitrogens with zero attached hydrogens (tertiary/aromatic N) is 1. The second-order valence-corrected chi connectivity index (χ2v) is 6.74. The highest BCUT2D eigenvalue weighted by Crippen LogP contribution is 2.55. The van der Waals surface area contributed by atoms with Crippen LogP contribution in [0.25, 0.3) is 0 Å². The minimum Gasteiger partial charge on any atom is -0.339 e. The Kier molecular flexibility index (Phi) is 2.11. The van der Waals surface area contributed by atoms with E-state index in [0.717, 1.165) is 43.3 Å². The van der Waals surface area contributed by atoms with Gasteiger partial charge in [0.2, 0.25) is 5.91 Å². The Morgan fingerprint density at radius 3 is 2.59 bits per heavy atom. The molecule has 2 heterocycles. The lowest BCUT2D eigenvalue weighted by atomic mass is 9.95. The van der Waals surface area contributed by atoms with Gasteiger partial charge >= 0.3 is 0 Å². The van der Waals surface area contributed by atoms with Crippen LogP contribution in [0.5, 0.6) is 0 Å². The zero-order valence-corrected chi connectivity index (χ0v) is 10.6. The van der Waals surface area contributed by atoms with Crippen molar-refractivity contribution in [2.75, 3.05) is 19.6 Å². The number of amides is 1. The fourth-order valence-electron chi connectivity index (χ4n) is 4.61. The third-order valence-corrected chi connectivity index (χ3v) is 5.81. The van der Waals surface area contributed by atoms with Crippen LogP contribution >= 0.6 is 0 Å². The lowest BCUT2D eigenvalue weighted by molar-refractivity contribution is -0.136. The van der Waals surface area contributed by atoms with Gasteiger partial charge in [0.15, 0.2) is 0 Å². The smallest absolute Gasteiger partial charge is 0.225 e. The van der Waals surface area contributed by atoms with E-state index in [9.17, 15) is 4.79 Å². The van der Waals surface area contributed by atoms with E-state index in [2.05, 4.69) is 17.1 Å². The summed E-state index contributed by atoms with van der Waals surface area (Å²) in [6.45, 7) is 5.51. The third kappa shape index (κ3) is 1.48. The average Bonchev–Trinajstić information content (AvgIpc) is 2.74. The summed E-state index contributed by atoms with van der Waals surface area (Å²) < 4.78 is 0. The van der Waals surface area contributed by atoms with Crippen molar-refractivity contribution in [1.82, 2.24) is 10.2 Å². The minimum absolute atomic E-state index is 0.382. The molecule has 2 saturated heterocycles. The minimum atomic E-state index is 0.382. The first-order valence-electron chi connectivity index (χ1n) is 7.25. The number of carbonyl (C=O) groups is 1. The van der Waals surface area contributed by atoms with E-state index in [1.54, 1.807) is 0 Å². The molecule has 1 N–H and O–H groups in total. The zero-order valence-electron chi connectivity index (χ0n) is 10.6. The van der Waals surface area contributed by atoms with Gasteiger partial charge in [0, 0.05) is 31.6 Å². The van der Waals surface area contributed by atoms with Crippen LogP contribution in [0.15, 0.2) is 0 Å². The molecule has 0 spiro atoms. The highest BCUT2D eigenvalue weighted by atomic mass is 16.2. The molecule has 1 amide bonds. The summed E-state index contributed by atoms with van der Waals surface area (Å²) in [5.74, 6) is 4.15. The van der Waals surface area contributed by atoms with Gasteiger partial charge in [-0.1, -0.05) is 0 Å². The van der Waals surface area contributed by atoms with Crippen LogP contribution in [0, 0.1) is 29.6 Å². The van der Waals surface area contributed by atoms with Crippen molar-refractivity contribution in [2.24, 2.45) is 29.6 Å². The first-order valence-corrected chi connectivity index (χ1v) is 7.25. The highest BCUT2D eigenvalue weighted by Gasteiger charge is 2.51. The Bertz CT molecular complexity index is 346. The quantitative estimate of drug-likeness (QED) is 0.737. The van der Waals surface area contributed by atoms with Crippen molar-refractivity contribution in [2.45, 2.75) is 32.2 Å². The summed E-state index contributed by atoms with van der Waals surface area (Å²) in [6.07, 6.45) is 3.80. The molecule has 2 saturated carbocycles. The second-order valence-electron chi connectivity index (χ2n) is 6.74. The van der Waals surface area contributed by atoms with E-state index in [1.165, 1.54) is 19.3 Å². The van der Waals surface area contributed by atoms with Crippen molar-refractivity contribution < 1.29 is 4.79 Å². The van der Waals surface area contributed by atoms with Crippen molar-refractivity contribution in [3.63, 3.8) is 0 Å². The Hall–Kier alpha value is -0.570.